The Morgan fingerprint density at radius 3 is 2.89 bits per heavy atom. The molecule has 0 saturated heterocycles. The van der Waals surface area contributed by atoms with E-state index in [1.165, 1.54) is 12.1 Å². The number of nitrogens with zero attached hydrogens (tertiary/aromatic N) is 4. The molecule has 0 fully saturated rings. The Balaban J connectivity index is 1.72. The Kier molecular flexibility index (Phi) is 9.40. The number of hydrogen-bond donors (Lipinski definition) is 2. The molecule has 0 aliphatic heterocycles. The maximum atomic E-state index is 12.9. The molecule has 2 N–H and O–H groups in total. The summed E-state index contributed by atoms with van der Waals surface area (Å²) in [7, 11) is 0. The van der Waals surface area contributed by atoms with E-state index in [1.807, 2.05) is 4.57 Å². The normalized spacial score (nSPS) is 11.4. The molecule has 146 valence electrons. The summed E-state index contributed by atoms with van der Waals surface area (Å²) in [6, 6.07) is 6.58. The van der Waals surface area contributed by atoms with Gasteiger partial charge in [-0.15, -0.1) is 28.5 Å². The quantitative estimate of drug-likeness (QED) is 0.203. The summed E-state index contributed by atoms with van der Waals surface area (Å²) in [5, 5.41) is 14.6. The van der Waals surface area contributed by atoms with Crippen LogP contribution in [0.2, 0.25) is 0 Å². The van der Waals surface area contributed by atoms with Gasteiger partial charge in [0, 0.05) is 37.5 Å². The van der Waals surface area contributed by atoms with E-state index < -0.39 is 0 Å². The van der Waals surface area contributed by atoms with E-state index in [0.29, 0.717) is 13.1 Å². The van der Waals surface area contributed by atoms with Crippen molar-refractivity contribution in [2.24, 2.45) is 4.99 Å². The lowest BCUT2D eigenvalue weighted by Crippen LogP contribution is -2.39. The highest BCUT2D eigenvalue weighted by molar-refractivity contribution is 7.99. The number of rotatable bonds is 11. The van der Waals surface area contributed by atoms with Crippen LogP contribution in [0.4, 0.5) is 4.39 Å². The van der Waals surface area contributed by atoms with Gasteiger partial charge in [-0.1, -0.05) is 13.0 Å². The summed E-state index contributed by atoms with van der Waals surface area (Å²) in [5.74, 6) is 2.48. The van der Waals surface area contributed by atoms with Crippen LogP contribution < -0.4 is 10.6 Å². The smallest absolute Gasteiger partial charge is 0.191 e. The summed E-state index contributed by atoms with van der Waals surface area (Å²) in [4.78, 5) is 5.67. The Bertz CT molecular complexity index is 713. The van der Waals surface area contributed by atoms with Crippen molar-refractivity contribution in [2.45, 2.75) is 31.2 Å². The highest BCUT2D eigenvalue weighted by Crippen LogP contribution is 2.18. The second-order valence-electron chi connectivity index (χ2n) is 5.78. The summed E-state index contributed by atoms with van der Waals surface area (Å²) in [6.07, 6.45) is 5.35. The molecular formula is C19H27FN6S. The minimum absolute atomic E-state index is 0.203. The molecule has 0 amide bonds. The number of guanidine groups is 1. The van der Waals surface area contributed by atoms with Crippen molar-refractivity contribution in [3.05, 3.63) is 54.9 Å². The van der Waals surface area contributed by atoms with Crippen LogP contribution >= 0.6 is 11.8 Å². The first-order chi connectivity index (χ1) is 13.2. The average Bonchev–Trinajstić information content (AvgIpc) is 3.14. The molecule has 1 aromatic carbocycles. The Morgan fingerprint density at radius 2 is 2.15 bits per heavy atom. The molecular weight excluding hydrogens is 363 g/mol. The maximum Gasteiger partial charge on any atom is 0.191 e. The Morgan fingerprint density at radius 1 is 1.33 bits per heavy atom. The standard InChI is InChI=1S/C19H27FN6S/c1-3-10-21-19(23-12-13-26-15-24-25-18(26)4-2)22-11-5-14-27-17-8-6-16(20)7-9-17/h3,6-9,15H,1,4-5,10-14H2,2H3,(H2,21,22,23). The van der Waals surface area contributed by atoms with Crippen LogP contribution in [-0.2, 0) is 13.0 Å². The van der Waals surface area contributed by atoms with Crippen molar-refractivity contribution >= 4 is 17.7 Å². The van der Waals surface area contributed by atoms with E-state index in [9.17, 15) is 4.39 Å². The first-order valence-corrected chi connectivity index (χ1v) is 10.1. The van der Waals surface area contributed by atoms with Gasteiger partial charge in [0.2, 0.25) is 0 Å². The molecule has 0 aliphatic carbocycles. The second kappa shape index (κ2) is 12.1. The monoisotopic (exact) mass is 390 g/mol. The van der Waals surface area contributed by atoms with Crippen LogP contribution in [0.1, 0.15) is 19.2 Å². The maximum absolute atomic E-state index is 12.9. The SMILES string of the molecule is C=CCNC(=NCCCSc1ccc(F)cc1)NCCn1cnnc1CC. The first-order valence-electron chi connectivity index (χ1n) is 9.11. The summed E-state index contributed by atoms with van der Waals surface area (Å²) in [5.41, 5.74) is 0. The van der Waals surface area contributed by atoms with Gasteiger partial charge in [-0.25, -0.2) is 4.39 Å². The van der Waals surface area contributed by atoms with Gasteiger partial charge in [0.1, 0.15) is 18.0 Å². The number of benzene rings is 1. The second-order valence-corrected chi connectivity index (χ2v) is 6.95. The molecule has 0 bridgehead atoms. The fourth-order valence-corrected chi connectivity index (χ4v) is 3.19. The van der Waals surface area contributed by atoms with Gasteiger partial charge >= 0.3 is 0 Å². The van der Waals surface area contributed by atoms with Crippen LogP contribution in [0, 0.1) is 5.82 Å². The molecule has 0 radical (unpaired) electrons. The van der Waals surface area contributed by atoms with Gasteiger partial charge < -0.3 is 15.2 Å². The molecule has 2 aromatic rings. The van der Waals surface area contributed by atoms with Crippen LogP contribution in [0.5, 0.6) is 0 Å². The van der Waals surface area contributed by atoms with E-state index in [1.54, 1.807) is 36.3 Å². The van der Waals surface area contributed by atoms with Crippen LogP contribution in [0.25, 0.3) is 0 Å². The van der Waals surface area contributed by atoms with Crippen molar-refractivity contribution in [1.82, 2.24) is 25.4 Å². The highest BCUT2D eigenvalue weighted by Gasteiger charge is 2.02. The van der Waals surface area contributed by atoms with Crippen molar-refractivity contribution < 1.29 is 4.39 Å². The van der Waals surface area contributed by atoms with Gasteiger partial charge in [-0.2, -0.15) is 0 Å². The molecule has 0 spiro atoms. The van der Waals surface area contributed by atoms with Crippen molar-refractivity contribution in [2.75, 3.05) is 25.4 Å². The molecule has 1 heterocycles. The molecule has 2 rings (SSSR count). The Labute approximate surface area is 164 Å². The van der Waals surface area contributed by atoms with Gasteiger partial charge in [-0.3, -0.25) is 4.99 Å². The zero-order valence-corrected chi connectivity index (χ0v) is 16.5. The fraction of sp³-hybridized carbons (Fsp3) is 0.421. The van der Waals surface area contributed by atoms with Crippen molar-refractivity contribution in [3.8, 4) is 0 Å². The molecule has 0 unspecified atom stereocenters. The number of aryl methyl sites for hydroxylation is 1. The number of aliphatic imine (C=N–C) groups is 1. The van der Waals surface area contributed by atoms with Gasteiger partial charge in [0.05, 0.1) is 0 Å². The molecule has 27 heavy (non-hydrogen) atoms. The average molecular weight is 391 g/mol. The molecule has 0 atom stereocenters. The van der Waals surface area contributed by atoms with E-state index in [2.05, 4.69) is 39.3 Å². The Hall–Kier alpha value is -2.35. The number of thioether (sulfide) groups is 1. The van der Waals surface area contributed by atoms with Gasteiger partial charge in [0.25, 0.3) is 0 Å². The van der Waals surface area contributed by atoms with Crippen LogP contribution in [-0.4, -0.2) is 46.1 Å². The van der Waals surface area contributed by atoms with Gasteiger partial charge in [-0.05, 0) is 36.4 Å². The summed E-state index contributed by atoms with van der Waals surface area (Å²) >= 11 is 1.71. The van der Waals surface area contributed by atoms with Crippen LogP contribution in [0.15, 0.2) is 53.1 Å². The lowest BCUT2D eigenvalue weighted by atomic mass is 10.4. The third-order valence-corrected chi connectivity index (χ3v) is 4.82. The topological polar surface area (TPSA) is 67.1 Å². The molecule has 1 aromatic heterocycles. The molecule has 8 heteroatoms. The first kappa shape index (κ1) is 21.0. The number of nitrogens with one attached hydrogen (secondary N) is 2. The minimum atomic E-state index is -0.203. The lowest BCUT2D eigenvalue weighted by molar-refractivity contribution is 0.626. The van der Waals surface area contributed by atoms with E-state index in [-0.39, 0.29) is 5.82 Å². The van der Waals surface area contributed by atoms with Crippen molar-refractivity contribution in [3.63, 3.8) is 0 Å². The minimum Gasteiger partial charge on any atom is -0.355 e. The molecule has 0 aliphatic rings. The third-order valence-electron chi connectivity index (χ3n) is 3.73. The number of halogens is 1. The number of aromatic nitrogens is 3. The predicted octanol–water partition coefficient (Wildman–Crippen LogP) is 2.88. The number of hydrogen-bond acceptors (Lipinski definition) is 4. The zero-order valence-electron chi connectivity index (χ0n) is 15.7. The van der Waals surface area contributed by atoms with E-state index >= 15 is 0 Å². The highest BCUT2D eigenvalue weighted by atomic mass is 32.2. The van der Waals surface area contributed by atoms with Crippen LogP contribution in [0.3, 0.4) is 0 Å². The fourth-order valence-electron chi connectivity index (χ4n) is 2.35. The van der Waals surface area contributed by atoms with E-state index in [4.69, 9.17) is 0 Å². The summed E-state index contributed by atoms with van der Waals surface area (Å²) in [6.45, 7) is 8.68. The summed E-state index contributed by atoms with van der Waals surface area (Å²) < 4.78 is 14.9. The largest absolute Gasteiger partial charge is 0.355 e. The van der Waals surface area contributed by atoms with E-state index in [0.717, 1.165) is 48.4 Å². The van der Waals surface area contributed by atoms with Crippen molar-refractivity contribution in [1.29, 1.82) is 0 Å². The zero-order chi connectivity index (χ0) is 19.3. The third kappa shape index (κ3) is 7.82. The lowest BCUT2D eigenvalue weighted by Gasteiger charge is -2.12. The predicted molar refractivity (Wildman–Crippen MR) is 110 cm³/mol. The van der Waals surface area contributed by atoms with Gasteiger partial charge in [0.15, 0.2) is 5.96 Å². The molecule has 6 nitrogen and oxygen atoms in total. The molecule has 0 saturated carbocycles.